The minimum atomic E-state index is -1.34. The predicted molar refractivity (Wildman–Crippen MR) is 94.4 cm³/mol. The largest absolute Gasteiger partial charge is 0.454 e. The first-order chi connectivity index (χ1) is 12.2. The zero-order valence-corrected chi connectivity index (χ0v) is 15.6. The lowest BCUT2D eigenvalue weighted by atomic mass is 9.79. The number of ether oxygens (including phenoxy) is 2. The van der Waals surface area contributed by atoms with Crippen LogP contribution in [0.15, 0.2) is 18.2 Å². The first kappa shape index (κ1) is 17.0. The zero-order valence-electron chi connectivity index (χ0n) is 14.7. The van der Waals surface area contributed by atoms with Gasteiger partial charge in [0.05, 0.1) is 17.5 Å². The van der Waals surface area contributed by atoms with E-state index >= 15 is 0 Å². The average molecular weight is 373 g/mol. The number of hydrogen-bond donors (Lipinski definition) is 1. The highest BCUT2D eigenvalue weighted by Crippen LogP contribution is 2.58. The molecule has 3 aliphatic rings. The maximum Gasteiger partial charge on any atom is 0.259 e. The van der Waals surface area contributed by atoms with E-state index in [-0.39, 0.29) is 25.0 Å². The molecule has 4 atom stereocenters. The highest BCUT2D eigenvalue weighted by Gasteiger charge is 2.66. The van der Waals surface area contributed by atoms with Gasteiger partial charge in [0.1, 0.15) is 6.04 Å². The number of likely N-dealkylation sites (N-methyl/N-ethyl adjacent to an activating group) is 1. The molecule has 7 nitrogen and oxygen atoms in total. The van der Waals surface area contributed by atoms with E-state index in [4.69, 9.17) is 9.47 Å². The molecule has 1 aromatic carbocycles. The number of rotatable bonds is 1. The molecule has 2 saturated heterocycles. The van der Waals surface area contributed by atoms with Crippen molar-refractivity contribution >= 4 is 24.4 Å². The zero-order chi connectivity index (χ0) is 18.9. The van der Waals surface area contributed by atoms with Gasteiger partial charge in [-0.05, 0) is 31.5 Å². The van der Waals surface area contributed by atoms with Gasteiger partial charge < -0.3 is 19.3 Å². The number of nitrogens with zero attached hydrogens (tertiary/aromatic N) is 3. The van der Waals surface area contributed by atoms with E-state index in [1.54, 1.807) is 33.0 Å². The lowest BCUT2D eigenvalue weighted by Crippen LogP contribution is -2.65. The van der Waals surface area contributed by atoms with Crippen molar-refractivity contribution in [2.24, 2.45) is 5.41 Å². The Bertz CT molecular complexity index is 868. The summed E-state index contributed by atoms with van der Waals surface area (Å²) in [4.78, 5) is 27.6. The number of hydrogen-bond acceptors (Lipinski definition) is 6. The third-order valence-corrected chi connectivity index (χ3v) is 6.25. The Morgan fingerprint density at radius 2 is 2.00 bits per heavy atom. The van der Waals surface area contributed by atoms with E-state index in [1.807, 2.05) is 6.07 Å². The average Bonchev–Trinajstić information content (AvgIpc) is 3.18. The third-order valence-electron chi connectivity index (χ3n) is 5.68. The first-order valence-electron chi connectivity index (χ1n) is 8.36. The van der Waals surface area contributed by atoms with Crippen LogP contribution in [0.2, 0.25) is 0 Å². The predicted octanol–water partition coefficient (Wildman–Crippen LogP) is 1.71. The van der Waals surface area contributed by atoms with Gasteiger partial charge in [0.2, 0.25) is 12.7 Å². The molecule has 2 amide bonds. The van der Waals surface area contributed by atoms with E-state index in [1.165, 1.54) is 9.80 Å². The molecule has 3 unspecified atom stereocenters. The van der Waals surface area contributed by atoms with Crippen molar-refractivity contribution in [3.8, 4) is 17.6 Å². The highest BCUT2D eigenvalue weighted by molar-refractivity contribution is 7.82. The van der Waals surface area contributed by atoms with E-state index in [2.05, 4.69) is 18.7 Å². The molecule has 0 spiro atoms. The molecule has 0 bridgehead atoms. The van der Waals surface area contributed by atoms with Crippen molar-refractivity contribution in [3.05, 3.63) is 23.8 Å². The molecule has 26 heavy (non-hydrogen) atoms. The van der Waals surface area contributed by atoms with Gasteiger partial charge in [-0.1, -0.05) is 6.07 Å². The molecule has 0 aromatic heterocycles. The second kappa shape index (κ2) is 5.30. The summed E-state index contributed by atoms with van der Waals surface area (Å²) in [5, 5.41) is 9.91. The quantitative estimate of drug-likeness (QED) is 0.758. The number of carbonyl (C=O) groups is 2. The van der Waals surface area contributed by atoms with Crippen LogP contribution in [-0.4, -0.2) is 46.4 Å². The van der Waals surface area contributed by atoms with Crippen molar-refractivity contribution in [3.63, 3.8) is 0 Å². The van der Waals surface area contributed by atoms with Crippen LogP contribution in [0.3, 0.4) is 0 Å². The van der Waals surface area contributed by atoms with Crippen LogP contribution >= 0.6 is 12.6 Å². The van der Waals surface area contributed by atoms with Crippen LogP contribution in [0, 0.1) is 16.7 Å². The minimum Gasteiger partial charge on any atom is -0.454 e. The van der Waals surface area contributed by atoms with Gasteiger partial charge in [-0.2, -0.15) is 5.26 Å². The second-order valence-electron chi connectivity index (χ2n) is 7.34. The van der Waals surface area contributed by atoms with Gasteiger partial charge in [-0.15, -0.1) is 12.6 Å². The Morgan fingerprint density at radius 1 is 1.31 bits per heavy atom. The Hall–Kier alpha value is -2.40. The fourth-order valence-electron chi connectivity index (χ4n) is 4.21. The molecule has 136 valence electrons. The van der Waals surface area contributed by atoms with Gasteiger partial charge in [-0.25, -0.2) is 0 Å². The molecule has 0 saturated carbocycles. The second-order valence-corrected chi connectivity index (χ2v) is 8.08. The Kier molecular flexibility index (Phi) is 3.47. The van der Waals surface area contributed by atoms with E-state index in [9.17, 15) is 14.9 Å². The topological polar surface area (TPSA) is 82.9 Å². The number of thiol groups is 1. The normalized spacial score (nSPS) is 35.5. The van der Waals surface area contributed by atoms with Crippen LogP contribution in [0.4, 0.5) is 0 Å². The van der Waals surface area contributed by atoms with Crippen LogP contribution in [0.1, 0.15) is 31.9 Å². The summed E-state index contributed by atoms with van der Waals surface area (Å²) < 4.78 is 10.8. The van der Waals surface area contributed by atoms with Crippen molar-refractivity contribution in [1.82, 2.24) is 9.80 Å². The smallest absolute Gasteiger partial charge is 0.259 e. The van der Waals surface area contributed by atoms with Gasteiger partial charge in [0, 0.05) is 13.5 Å². The number of carbonyl (C=O) groups excluding carboxylic acids is 2. The summed E-state index contributed by atoms with van der Waals surface area (Å²) in [7, 11) is 1.60. The van der Waals surface area contributed by atoms with Gasteiger partial charge in [0.25, 0.3) is 5.91 Å². The maximum absolute atomic E-state index is 13.1. The monoisotopic (exact) mass is 373 g/mol. The Balaban J connectivity index is 1.88. The standard InChI is InChI=1S/C18H19N3O4S/c1-10-15(22)21-14(11-4-5-12-13(6-11)25-9-24-12)17(2,8-19)7-18(21,26)16(23)20(10)3/h4-6,10,14,26H,7,9H2,1-3H3/t10?,14?,17-,18?/m1/s1. The molecule has 4 rings (SSSR count). The lowest BCUT2D eigenvalue weighted by Gasteiger charge is -2.46. The molecule has 3 heterocycles. The number of fused-ring (bicyclic) bond motifs is 2. The fourth-order valence-corrected chi connectivity index (χ4v) is 4.91. The summed E-state index contributed by atoms with van der Waals surface area (Å²) in [5.41, 5.74) is -0.238. The molecule has 0 N–H and O–H groups in total. The Labute approximate surface area is 156 Å². The van der Waals surface area contributed by atoms with Gasteiger partial charge in [0.15, 0.2) is 16.4 Å². The minimum absolute atomic E-state index is 0.137. The molecule has 3 aliphatic heterocycles. The SMILES string of the molecule is CC1C(=O)N2C(c3ccc4c(c3)OCO4)[C@@](C)(C#N)CC2(S)C(=O)N1C. The molecule has 2 fully saturated rings. The van der Waals surface area contributed by atoms with Crippen molar-refractivity contribution < 1.29 is 19.1 Å². The molecule has 0 radical (unpaired) electrons. The van der Waals surface area contributed by atoms with E-state index in [0.29, 0.717) is 11.5 Å². The number of nitriles is 1. The van der Waals surface area contributed by atoms with Gasteiger partial charge in [-0.3, -0.25) is 9.59 Å². The van der Waals surface area contributed by atoms with Crippen molar-refractivity contribution in [2.45, 2.75) is 37.2 Å². The first-order valence-corrected chi connectivity index (χ1v) is 8.81. The summed E-state index contributed by atoms with van der Waals surface area (Å²) >= 11 is 4.63. The third kappa shape index (κ3) is 2.01. The lowest BCUT2D eigenvalue weighted by molar-refractivity contribution is -0.161. The fraction of sp³-hybridized carbons (Fsp3) is 0.500. The van der Waals surface area contributed by atoms with Crippen molar-refractivity contribution in [2.75, 3.05) is 13.8 Å². The summed E-state index contributed by atoms with van der Waals surface area (Å²) in [6.45, 7) is 3.59. The Morgan fingerprint density at radius 3 is 2.69 bits per heavy atom. The summed E-state index contributed by atoms with van der Waals surface area (Å²) in [6.07, 6.45) is 0.153. The molecule has 0 aliphatic carbocycles. The highest BCUT2D eigenvalue weighted by atomic mass is 32.1. The summed E-state index contributed by atoms with van der Waals surface area (Å²) in [5.74, 6) is 0.707. The number of piperazine rings is 1. The molecular formula is C18H19N3O4S. The van der Waals surface area contributed by atoms with Crippen molar-refractivity contribution in [1.29, 1.82) is 5.26 Å². The number of amides is 2. The maximum atomic E-state index is 13.1. The summed E-state index contributed by atoms with van der Waals surface area (Å²) in [6, 6.07) is 6.47. The van der Waals surface area contributed by atoms with E-state index in [0.717, 1.165) is 5.56 Å². The van der Waals surface area contributed by atoms with Gasteiger partial charge >= 0.3 is 0 Å². The van der Waals surface area contributed by atoms with Crippen LogP contribution in [0.5, 0.6) is 11.5 Å². The van der Waals surface area contributed by atoms with Crippen LogP contribution in [0.25, 0.3) is 0 Å². The van der Waals surface area contributed by atoms with E-state index < -0.39 is 22.4 Å². The number of benzene rings is 1. The van der Waals surface area contributed by atoms with Crippen LogP contribution in [-0.2, 0) is 9.59 Å². The molecule has 1 aromatic rings. The molecule has 8 heteroatoms. The van der Waals surface area contributed by atoms with Crippen LogP contribution < -0.4 is 9.47 Å². The molecular weight excluding hydrogens is 354 g/mol.